The van der Waals surface area contributed by atoms with Crippen molar-refractivity contribution in [2.45, 2.75) is 6.92 Å². The van der Waals surface area contributed by atoms with Gasteiger partial charge in [0.05, 0.1) is 10.6 Å². The maximum atomic E-state index is 13.0. The third-order valence-corrected chi connectivity index (χ3v) is 5.25. The van der Waals surface area contributed by atoms with Crippen LogP contribution in [0.2, 0.25) is 0 Å². The Bertz CT molecular complexity index is 1330. The number of anilines is 1. The predicted octanol–water partition coefficient (Wildman–Crippen LogP) is 4.03. The summed E-state index contributed by atoms with van der Waals surface area (Å²) in [6.45, 7) is 2.34. The molecule has 1 saturated heterocycles. The first-order chi connectivity index (χ1) is 17.3. The first kappa shape index (κ1) is 24.1. The van der Waals surface area contributed by atoms with E-state index in [0.717, 1.165) is 10.5 Å². The number of benzene rings is 3. The van der Waals surface area contributed by atoms with Gasteiger partial charge in [-0.1, -0.05) is 29.8 Å². The number of urea groups is 1. The van der Waals surface area contributed by atoms with Crippen LogP contribution in [0, 0.1) is 17.0 Å². The van der Waals surface area contributed by atoms with Gasteiger partial charge in [-0.2, -0.15) is 0 Å². The van der Waals surface area contributed by atoms with Crippen LogP contribution in [-0.2, 0) is 9.59 Å². The lowest BCUT2D eigenvalue weighted by Crippen LogP contribution is -2.54. The molecule has 36 heavy (non-hydrogen) atoms. The Morgan fingerprint density at radius 1 is 0.861 bits per heavy atom. The summed E-state index contributed by atoms with van der Waals surface area (Å²) in [5.74, 6) is -0.450. The number of nitrogens with zero attached hydrogens (tertiary/aromatic N) is 2. The maximum absolute atomic E-state index is 13.0. The first-order valence-electron chi connectivity index (χ1n) is 10.9. The Morgan fingerprint density at radius 3 is 1.97 bits per heavy atom. The number of nitro groups is 1. The van der Waals surface area contributed by atoms with E-state index in [9.17, 15) is 24.5 Å². The molecule has 1 aliphatic rings. The van der Waals surface area contributed by atoms with Crippen LogP contribution in [-0.4, -0.2) is 36.0 Å². The van der Waals surface area contributed by atoms with Gasteiger partial charge in [-0.3, -0.25) is 25.0 Å². The van der Waals surface area contributed by atoms with E-state index >= 15 is 0 Å². The normalized spacial score (nSPS) is 14.5. The zero-order valence-corrected chi connectivity index (χ0v) is 19.2. The van der Waals surface area contributed by atoms with Gasteiger partial charge in [0, 0.05) is 12.1 Å². The van der Waals surface area contributed by atoms with Crippen LogP contribution in [0.15, 0.2) is 78.4 Å². The highest BCUT2D eigenvalue weighted by Gasteiger charge is 2.36. The molecule has 3 aromatic carbocycles. The highest BCUT2D eigenvalue weighted by molar-refractivity contribution is 6.39. The van der Waals surface area contributed by atoms with Crippen molar-refractivity contribution in [1.29, 1.82) is 0 Å². The summed E-state index contributed by atoms with van der Waals surface area (Å²) in [7, 11) is 0. The van der Waals surface area contributed by atoms with Gasteiger partial charge in [-0.15, -0.1) is 0 Å². The molecule has 0 radical (unpaired) electrons. The molecule has 1 fully saturated rings. The zero-order chi connectivity index (χ0) is 25.7. The molecule has 0 bridgehead atoms. The molecule has 0 atom stereocenters. The summed E-state index contributed by atoms with van der Waals surface area (Å²) in [6.07, 6.45) is 1.41. The number of nitro benzene ring substituents is 1. The lowest BCUT2D eigenvalue weighted by atomic mass is 10.1. The molecule has 10 nitrogen and oxygen atoms in total. The van der Waals surface area contributed by atoms with Crippen molar-refractivity contribution in [3.8, 4) is 11.5 Å². The minimum absolute atomic E-state index is 0.0180. The number of imide groups is 2. The van der Waals surface area contributed by atoms with Crippen molar-refractivity contribution in [2.24, 2.45) is 0 Å². The molecule has 10 heteroatoms. The molecule has 3 aromatic rings. The van der Waals surface area contributed by atoms with Gasteiger partial charge in [-0.05, 0) is 55.0 Å². The fourth-order valence-electron chi connectivity index (χ4n) is 3.40. The van der Waals surface area contributed by atoms with Crippen LogP contribution >= 0.6 is 0 Å². The Balaban J connectivity index is 1.36. The molecule has 1 heterocycles. The van der Waals surface area contributed by atoms with Crippen molar-refractivity contribution in [1.82, 2.24) is 5.32 Å². The molecule has 4 rings (SSSR count). The van der Waals surface area contributed by atoms with Gasteiger partial charge in [-0.25, -0.2) is 9.69 Å². The maximum Gasteiger partial charge on any atom is 0.335 e. The molecule has 1 N–H and O–H groups in total. The SMILES string of the molecule is Cc1ccc(N2C(=O)NC(=O)C(=Cc3ccc(OCCOc4ccc([N+](=O)[O-])cc4)cc3)C2=O)cc1. The third-order valence-electron chi connectivity index (χ3n) is 5.25. The van der Waals surface area contributed by atoms with Gasteiger partial charge >= 0.3 is 6.03 Å². The number of hydrogen-bond acceptors (Lipinski definition) is 7. The van der Waals surface area contributed by atoms with E-state index in [1.165, 1.54) is 30.3 Å². The second kappa shape index (κ2) is 10.5. The van der Waals surface area contributed by atoms with Crippen LogP contribution in [0.4, 0.5) is 16.2 Å². The number of ether oxygens (including phenoxy) is 2. The van der Waals surface area contributed by atoms with E-state index in [-0.39, 0.29) is 24.5 Å². The molecule has 0 spiro atoms. The molecular formula is C26H21N3O7. The molecule has 0 saturated carbocycles. The largest absolute Gasteiger partial charge is 0.490 e. The second-order valence-corrected chi connectivity index (χ2v) is 7.81. The van der Waals surface area contributed by atoms with E-state index in [0.29, 0.717) is 22.7 Å². The van der Waals surface area contributed by atoms with Crippen LogP contribution in [0.1, 0.15) is 11.1 Å². The Hall–Kier alpha value is -4.99. The van der Waals surface area contributed by atoms with Gasteiger partial charge in [0.15, 0.2) is 0 Å². The number of non-ortho nitro benzene ring substituents is 1. The first-order valence-corrected chi connectivity index (χ1v) is 10.9. The van der Waals surface area contributed by atoms with Crippen LogP contribution < -0.4 is 19.7 Å². The average molecular weight is 487 g/mol. The summed E-state index contributed by atoms with van der Waals surface area (Å²) in [5, 5.41) is 12.9. The van der Waals surface area contributed by atoms with Gasteiger partial charge in [0.1, 0.15) is 30.3 Å². The van der Waals surface area contributed by atoms with Crippen molar-refractivity contribution in [2.75, 3.05) is 18.1 Å². The number of amides is 4. The molecular weight excluding hydrogens is 466 g/mol. The highest BCUT2D eigenvalue weighted by atomic mass is 16.6. The number of carbonyl (C=O) groups is 3. The standard InChI is InChI=1S/C26H21N3O7/c1-17-2-6-19(7-3-17)28-25(31)23(24(30)27-26(28)32)16-18-4-10-21(11-5-18)35-14-15-36-22-12-8-20(9-13-22)29(33)34/h2-13,16H,14-15H2,1H3,(H,27,30,32). The minimum Gasteiger partial charge on any atom is -0.490 e. The lowest BCUT2D eigenvalue weighted by molar-refractivity contribution is -0.384. The summed E-state index contributed by atoms with van der Waals surface area (Å²) in [4.78, 5) is 48.7. The summed E-state index contributed by atoms with van der Waals surface area (Å²) in [5.41, 5.74) is 1.72. The van der Waals surface area contributed by atoms with Gasteiger partial charge < -0.3 is 9.47 Å². The smallest absolute Gasteiger partial charge is 0.335 e. The van der Waals surface area contributed by atoms with Crippen molar-refractivity contribution in [3.05, 3.63) is 99.6 Å². The third kappa shape index (κ3) is 5.55. The van der Waals surface area contributed by atoms with E-state index in [2.05, 4.69) is 5.32 Å². The second-order valence-electron chi connectivity index (χ2n) is 7.81. The van der Waals surface area contributed by atoms with Crippen LogP contribution in [0.25, 0.3) is 6.08 Å². The molecule has 0 unspecified atom stereocenters. The van der Waals surface area contributed by atoms with Gasteiger partial charge in [0.2, 0.25) is 0 Å². The monoisotopic (exact) mass is 487 g/mol. The van der Waals surface area contributed by atoms with E-state index in [4.69, 9.17) is 9.47 Å². The summed E-state index contributed by atoms with van der Waals surface area (Å²) < 4.78 is 11.1. The predicted molar refractivity (Wildman–Crippen MR) is 131 cm³/mol. The molecule has 182 valence electrons. The van der Waals surface area contributed by atoms with E-state index in [1.807, 2.05) is 6.92 Å². The highest BCUT2D eigenvalue weighted by Crippen LogP contribution is 2.23. The summed E-state index contributed by atoms with van der Waals surface area (Å²) in [6, 6.07) is 18.4. The quantitative estimate of drug-likeness (QED) is 0.167. The molecule has 1 aliphatic heterocycles. The van der Waals surface area contributed by atoms with Crippen molar-refractivity contribution >= 4 is 35.3 Å². The molecule has 4 amide bonds. The number of aryl methyl sites for hydroxylation is 1. The fourth-order valence-corrected chi connectivity index (χ4v) is 3.40. The van der Waals surface area contributed by atoms with Crippen molar-refractivity contribution < 1.29 is 28.8 Å². The van der Waals surface area contributed by atoms with E-state index in [1.54, 1.807) is 48.5 Å². The lowest BCUT2D eigenvalue weighted by Gasteiger charge is -2.26. The number of barbiturate groups is 1. The molecule has 0 aliphatic carbocycles. The number of carbonyl (C=O) groups excluding carboxylic acids is 3. The van der Waals surface area contributed by atoms with Crippen molar-refractivity contribution in [3.63, 3.8) is 0 Å². The Labute approximate surface area is 205 Å². The zero-order valence-electron chi connectivity index (χ0n) is 19.2. The van der Waals surface area contributed by atoms with Crippen LogP contribution in [0.3, 0.4) is 0 Å². The fraction of sp³-hybridized carbons (Fsp3) is 0.115. The number of nitrogens with one attached hydrogen (secondary N) is 1. The number of rotatable bonds is 8. The Kier molecular flexibility index (Phi) is 7.05. The average Bonchev–Trinajstić information content (AvgIpc) is 2.86. The topological polar surface area (TPSA) is 128 Å². The summed E-state index contributed by atoms with van der Waals surface area (Å²) >= 11 is 0. The Morgan fingerprint density at radius 2 is 1.42 bits per heavy atom. The molecule has 0 aromatic heterocycles. The van der Waals surface area contributed by atoms with Gasteiger partial charge in [0.25, 0.3) is 17.5 Å². The van der Waals surface area contributed by atoms with Crippen LogP contribution in [0.5, 0.6) is 11.5 Å². The van der Waals surface area contributed by atoms with E-state index < -0.39 is 22.8 Å². The number of hydrogen-bond donors (Lipinski definition) is 1. The minimum atomic E-state index is -0.800.